The van der Waals surface area contributed by atoms with Crippen molar-refractivity contribution in [3.63, 3.8) is 0 Å². The highest BCUT2D eigenvalue weighted by Crippen LogP contribution is 2.16. The van der Waals surface area contributed by atoms with Gasteiger partial charge in [0.2, 0.25) is 5.91 Å². The summed E-state index contributed by atoms with van der Waals surface area (Å²) in [4.78, 5) is 26.0. The zero-order valence-corrected chi connectivity index (χ0v) is 11.0. The first kappa shape index (κ1) is 14.2. The molecule has 0 spiro atoms. The number of nitriles is 1. The van der Waals surface area contributed by atoms with Gasteiger partial charge in [0.15, 0.2) is 11.7 Å². The van der Waals surface area contributed by atoms with Crippen molar-refractivity contribution in [3.05, 3.63) is 35.6 Å². The summed E-state index contributed by atoms with van der Waals surface area (Å²) in [6.45, 7) is 1.18. The first-order chi connectivity index (χ1) is 9.63. The summed E-state index contributed by atoms with van der Waals surface area (Å²) >= 11 is 0. The van der Waals surface area contributed by atoms with Crippen LogP contribution in [0.15, 0.2) is 24.3 Å². The number of hydrogen-bond donors (Lipinski definition) is 0. The quantitative estimate of drug-likeness (QED) is 0.627. The van der Waals surface area contributed by atoms with Crippen molar-refractivity contribution in [1.82, 2.24) is 4.90 Å². The van der Waals surface area contributed by atoms with Crippen LogP contribution in [0.2, 0.25) is 0 Å². The number of piperidine rings is 1. The van der Waals surface area contributed by atoms with Gasteiger partial charge in [0.25, 0.3) is 0 Å². The van der Waals surface area contributed by atoms with Crippen LogP contribution in [0.3, 0.4) is 0 Å². The lowest BCUT2D eigenvalue weighted by Gasteiger charge is -2.28. The molecule has 5 heteroatoms. The predicted molar refractivity (Wildman–Crippen MR) is 70.3 cm³/mol. The fourth-order valence-corrected chi connectivity index (χ4v) is 2.30. The van der Waals surface area contributed by atoms with Crippen molar-refractivity contribution in [2.45, 2.75) is 19.3 Å². The molecule has 0 unspecified atom stereocenters. The van der Waals surface area contributed by atoms with Crippen LogP contribution >= 0.6 is 0 Å². The third-order valence-electron chi connectivity index (χ3n) is 3.43. The topological polar surface area (TPSA) is 61.2 Å². The van der Waals surface area contributed by atoms with Crippen LogP contribution in [0, 0.1) is 23.1 Å². The van der Waals surface area contributed by atoms with Crippen LogP contribution in [-0.4, -0.2) is 29.7 Å². The second-order valence-electron chi connectivity index (χ2n) is 4.82. The number of hydrogen-bond acceptors (Lipinski definition) is 3. The van der Waals surface area contributed by atoms with Gasteiger partial charge in [-0.25, -0.2) is 4.39 Å². The van der Waals surface area contributed by atoms with Crippen molar-refractivity contribution in [3.8, 4) is 6.07 Å². The van der Waals surface area contributed by atoms with Crippen LogP contribution in [0.4, 0.5) is 4.39 Å². The van der Waals surface area contributed by atoms with E-state index in [-0.39, 0.29) is 5.56 Å². The van der Waals surface area contributed by atoms with E-state index in [1.165, 1.54) is 12.1 Å². The van der Waals surface area contributed by atoms with Crippen LogP contribution < -0.4 is 0 Å². The molecule has 1 amide bonds. The predicted octanol–water partition coefficient (Wildman–Crippen LogP) is 2.16. The number of benzene rings is 1. The average molecular weight is 274 g/mol. The van der Waals surface area contributed by atoms with Crippen LogP contribution in [0.5, 0.6) is 0 Å². The molecule has 1 aliphatic heterocycles. The van der Waals surface area contributed by atoms with E-state index in [0.29, 0.717) is 13.1 Å². The molecule has 1 aromatic rings. The Hall–Kier alpha value is -2.22. The maximum atomic E-state index is 12.8. The third kappa shape index (κ3) is 3.02. The Balaban J connectivity index is 2.15. The van der Waals surface area contributed by atoms with Gasteiger partial charge in [-0.3, -0.25) is 9.59 Å². The largest absolute Gasteiger partial charge is 0.341 e. The molecular formula is C15H15FN2O2. The van der Waals surface area contributed by atoms with E-state index in [1.54, 1.807) is 11.0 Å². The number of nitrogens with zero attached hydrogens (tertiary/aromatic N) is 2. The Labute approximate surface area is 116 Å². The monoisotopic (exact) mass is 274 g/mol. The first-order valence-corrected chi connectivity index (χ1v) is 6.61. The molecule has 1 atom stereocenters. The molecule has 1 heterocycles. The Morgan fingerprint density at radius 3 is 2.30 bits per heavy atom. The van der Waals surface area contributed by atoms with E-state index in [2.05, 4.69) is 0 Å². The second kappa shape index (κ2) is 6.29. The zero-order valence-electron chi connectivity index (χ0n) is 11.0. The van der Waals surface area contributed by atoms with E-state index in [0.717, 1.165) is 31.4 Å². The lowest BCUT2D eigenvalue weighted by molar-refractivity contribution is -0.133. The summed E-state index contributed by atoms with van der Waals surface area (Å²) in [6.07, 6.45) is 2.86. The van der Waals surface area contributed by atoms with Gasteiger partial charge in [-0.05, 0) is 43.5 Å². The maximum Gasteiger partial charge on any atom is 0.247 e. The minimum Gasteiger partial charge on any atom is -0.341 e. The van der Waals surface area contributed by atoms with Crippen LogP contribution in [0.25, 0.3) is 0 Å². The minimum atomic E-state index is -1.33. The van der Waals surface area contributed by atoms with Gasteiger partial charge < -0.3 is 4.90 Å². The number of Topliss-reactive ketones (excluding diaryl/α,β-unsaturated/α-hetero) is 1. The fraction of sp³-hybridized carbons (Fsp3) is 0.400. The lowest BCUT2D eigenvalue weighted by Crippen LogP contribution is -2.41. The smallest absolute Gasteiger partial charge is 0.247 e. The highest BCUT2D eigenvalue weighted by molar-refractivity contribution is 6.12. The number of rotatable bonds is 3. The van der Waals surface area contributed by atoms with E-state index in [9.17, 15) is 14.0 Å². The minimum absolute atomic E-state index is 0.184. The molecule has 1 aromatic carbocycles. The molecule has 0 radical (unpaired) electrons. The summed E-state index contributed by atoms with van der Waals surface area (Å²) in [5, 5.41) is 9.12. The third-order valence-corrected chi connectivity index (χ3v) is 3.43. The molecule has 1 aliphatic rings. The lowest BCUT2D eigenvalue weighted by atomic mass is 9.96. The summed E-state index contributed by atoms with van der Waals surface area (Å²) < 4.78 is 12.8. The molecule has 1 fully saturated rings. The molecule has 0 aliphatic carbocycles. The van der Waals surface area contributed by atoms with Crippen molar-refractivity contribution in [2.24, 2.45) is 5.92 Å². The molecule has 0 bridgehead atoms. The SMILES string of the molecule is N#C[C@@H](C(=O)c1ccc(F)cc1)C(=O)N1CCCCC1. The van der Waals surface area contributed by atoms with E-state index in [4.69, 9.17) is 5.26 Å². The van der Waals surface area contributed by atoms with Gasteiger partial charge in [0, 0.05) is 18.7 Å². The Kier molecular flexibility index (Phi) is 4.46. The average Bonchev–Trinajstić information content (AvgIpc) is 2.49. The molecule has 4 nitrogen and oxygen atoms in total. The maximum absolute atomic E-state index is 12.8. The zero-order chi connectivity index (χ0) is 14.5. The van der Waals surface area contributed by atoms with Gasteiger partial charge in [-0.2, -0.15) is 5.26 Å². The molecule has 1 saturated heterocycles. The first-order valence-electron chi connectivity index (χ1n) is 6.61. The summed E-state index contributed by atoms with van der Waals surface area (Å²) in [5.74, 6) is -2.81. The van der Waals surface area contributed by atoms with Gasteiger partial charge in [0.1, 0.15) is 5.82 Å². The Bertz CT molecular complexity index is 542. The Morgan fingerprint density at radius 2 is 1.75 bits per heavy atom. The summed E-state index contributed by atoms with van der Waals surface area (Å²) in [6, 6.07) is 6.66. The number of halogens is 1. The van der Waals surface area contributed by atoms with Gasteiger partial charge in [0.05, 0.1) is 6.07 Å². The number of carbonyl (C=O) groups is 2. The molecule has 104 valence electrons. The Morgan fingerprint density at radius 1 is 1.15 bits per heavy atom. The van der Waals surface area contributed by atoms with Gasteiger partial charge in [-0.15, -0.1) is 0 Å². The van der Waals surface area contributed by atoms with Crippen molar-refractivity contribution < 1.29 is 14.0 Å². The highest BCUT2D eigenvalue weighted by atomic mass is 19.1. The second-order valence-corrected chi connectivity index (χ2v) is 4.82. The van der Waals surface area contributed by atoms with Crippen LogP contribution in [0.1, 0.15) is 29.6 Å². The van der Waals surface area contributed by atoms with E-state index < -0.39 is 23.4 Å². The van der Waals surface area contributed by atoms with Crippen LogP contribution in [-0.2, 0) is 4.79 Å². The summed E-state index contributed by atoms with van der Waals surface area (Å²) in [7, 11) is 0. The van der Waals surface area contributed by atoms with Gasteiger partial charge >= 0.3 is 0 Å². The molecule has 0 N–H and O–H groups in total. The molecule has 20 heavy (non-hydrogen) atoms. The van der Waals surface area contributed by atoms with Gasteiger partial charge in [-0.1, -0.05) is 0 Å². The normalized spacial score (nSPS) is 16.3. The molecule has 2 rings (SSSR count). The van der Waals surface area contributed by atoms with Crippen molar-refractivity contribution in [1.29, 1.82) is 5.26 Å². The van der Waals surface area contributed by atoms with Crippen molar-refractivity contribution in [2.75, 3.05) is 13.1 Å². The van der Waals surface area contributed by atoms with E-state index >= 15 is 0 Å². The number of likely N-dealkylation sites (tertiary alicyclic amines) is 1. The molecule has 0 aromatic heterocycles. The number of carbonyl (C=O) groups excluding carboxylic acids is 2. The van der Waals surface area contributed by atoms with Crippen molar-refractivity contribution >= 4 is 11.7 Å². The number of amides is 1. The summed E-state index contributed by atoms with van der Waals surface area (Å²) in [5.41, 5.74) is 0.184. The highest BCUT2D eigenvalue weighted by Gasteiger charge is 2.31. The van der Waals surface area contributed by atoms with E-state index in [1.807, 2.05) is 0 Å². The number of ketones is 1. The standard InChI is InChI=1S/C15H15FN2O2/c16-12-6-4-11(5-7-12)14(19)13(10-17)15(20)18-8-2-1-3-9-18/h4-7,13H,1-3,8-9H2/t13-/m0/s1. The molecule has 0 saturated carbocycles. The molecular weight excluding hydrogens is 259 g/mol. The fourth-order valence-electron chi connectivity index (χ4n) is 2.30.